The van der Waals surface area contributed by atoms with Gasteiger partial charge in [-0.25, -0.2) is 8.42 Å². The second-order valence-electron chi connectivity index (χ2n) is 3.88. The van der Waals surface area contributed by atoms with Gasteiger partial charge in [-0.1, -0.05) is 0 Å². The van der Waals surface area contributed by atoms with Crippen LogP contribution in [0.25, 0.3) is 0 Å². The van der Waals surface area contributed by atoms with Crippen LogP contribution < -0.4 is 0 Å². The van der Waals surface area contributed by atoms with E-state index >= 15 is 0 Å². The van der Waals surface area contributed by atoms with E-state index in [-0.39, 0.29) is 24.9 Å². The molecule has 0 aromatic rings. The molecule has 1 N–H and O–H groups in total. The zero-order valence-corrected chi connectivity index (χ0v) is 8.74. The second-order valence-corrected chi connectivity index (χ2v) is 5.90. The molecular weight excluding hydrogens is 206 g/mol. The molecule has 0 saturated carbocycles. The molecule has 0 aromatic heterocycles. The molecule has 0 bridgehead atoms. The van der Waals surface area contributed by atoms with E-state index in [1.54, 1.807) is 0 Å². The number of hydrogen-bond acceptors (Lipinski definition) is 4. The van der Waals surface area contributed by atoms with Crippen molar-refractivity contribution in [1.29, 1.82) is 0 Å². The molecule has 0 aromatic carbocycles. The van der Waals surface area contributed by atoms with Crippen molar-refractivity contribution in [1.82, 2.24) is 4.31 Å². The highest BCUT2D eigenvalue weighted by atomic mass is 32.2. The van der Waals surface area contributed by atoms with E-state index in [1.165, 1.54) is 4.31 Å². The second kappa shape index (κ2) is 3.77. The Labute approximate surface area is 83.7 Å². The van der Waals surface area contributed by atoms with Crippen LogP contribution in [0.1, 0.15) is 12.8 Å². The Morgan fingerprint density at radius 2 is 2.14 bits per heavy atom. The fourth-order valence-electron chi connectivity index (χ4n) is 1.76. The van der Waals surface area contributed by atoms with Crippen LogP contribution in [0.2, 0.25) is 0 Å². The Balaban J connectivity index is 1.89. The van der Waals surface area contributed by atoms with E-state index in [2.05, 4.69) is 0 Å². The predicted molar refractivity (Wildman–Crippen MR) is 50.3 cm³/mol. The standard InChI is InChI=1S/C8H15NO4S/c10-7-4-9(5-7)14(11,12)6-8-2-1-3-13-8/h7-8,10H,1-6H2. The summed E-state index contributed by atoms with van der Waals surface area (Å²) in [6.45, 7) is 1.16. The molecule has 0 radical (unpaired) electrons. The monoisotopic (exact) mass is 221 g/mol. The molecule has 2 saturated heterocycles. The lowest BCUT2D eigenvalue weighted by molar-refractivity contribution is 0.0531. The number of β-amino-alcohol motifs (C(OH)–C–C–N with tert-alkyl or cyclic N) is 1. The molecule has 5 nitrogen and oxygen atoms in total. The number of hydrogen-bond donors (Lipinski definition) is 1. The maximum atomic E-state index is 11.6. The predicted octanol–water partition coefficient (Wildman–Crippen LogP) is -0.828. The van der Waals surface area contributed by atoms with Crippen molar-refractivity contribution in [3.05, 3.63) is 0 Å². The van der Waals surface area contributed by atoms with Gasteiger partial charge < -0.3 is 9.84 Å². The molecular formula is C8H15NO4S. The van der Waals surface area contributed by atoms with Gasteiger partial charge in [0.05, 0.1) is 18.0 Å². The van der Waals surface area contributed by atoms with Crippen molar-refractivity contribution in [3.8, 4) is 0 Å². The highest BCUT2D eigenvalue weighted by Gasteiger charge is 2.36. The summed E-state index contributed by atoms with van der Waals surface area (Å²) in [6, 6.07) is 0. The minimum Gasteiger partial charge on any atom is -0.390 e. The molecule has 6 heteroatoms. The van der Waals surface area contributed by atoms with Gasteiger partial charge in [-0.3, -0.25) is 0 Å². The van der Waals surface area contributed by atoms with Crippen LogP contribution in [0.5, 0.6) is 0 Å². The molecule has 1 atom stereocenters. The van der Waals surface area contributed by atoms with Gasteiger partial charge in [0.1, 0.15) is 0 Å². The topological polar surface area (TPSA) is 66.8 Å². The van der Waals surface area contributed by atoms with Crippen LogP contribution in [-0.2, 0) is 14.8 Å². The Bertz CT molecular complexity index is 290. The molecule has 0 amide bonds. The summed E-state index contributed by atoms with van der Waals surface area (Å²) in [6.07, 6.45) is 1.16. The third-order valence-electron chi connectivity index (χ3n) is 2.64. The molecule has 14 heavy (non-hydrogen) atoms. The maximum Gasteiger partial charge on any atom is 0.216 e. The molecule has 2 aliphatic rings. The van der Waals surface area contributed by atoms with Crippen LogP contribution in [0.3, 0.4) is 0 Å². The molecule has 82 valence electrons. The van der Waals surface area contributed by atoms with E-state index in [0.717, 1.165) is 12.8 Å². The number of nitrogens with zero attached hydrogens (tertiary/aromatic N) is 1. The zero-order chi connectivity index (χ0) is 10.2. The van der Waals surface area contributed by atoms with E-state index in [1.807, 2.05) is 0 Å². The van der Waals surface area contributed by atoms with Gasteiger partial charge in [0.15, 0.2) is 0 Å². The van der Waals surface area contributed by atoms with Gasteiger partial charge >= 0.3 is 0 Å². The maximum absolute atomic E-state index is 11.6. The molecule has 2 heterocycles. The molecule has 0 aliphatic carbocycles. The van der Waals surface area contributed by atoms with Crippen molar-refractivity contribution in [2.75, 3.05) is 25.4 Å². The molecule has 2 aliphatic heterocycles. The largest absolute Gasteiger partial charge is 0.390 e. The summed E-state index contributed by atoms with van der Waals surface area (Å²) >= 11 is 0. The van der Waals surface area contributed by atoms with Gasteiger partial charge in [0, 0.05) is 19.7 Å². The first-order valence-electron chi connectivity index (χ1n) is 4.85. The average molecular weight is 221 g/mol. The number of sulfonamides is 1. The highest BCUT2D eigenvalue weighted by Crippen LogP contribution is 2.19. The Kier molecular flexibility index (Phi) is 2.79. The smallest absolute Gasteiger partial charge is 0.216 e. The van der Waals surface area contributed by atoms with Crippen LogP contribution in [0.4, 0.5) is 0 Å². The van der Waals surface area contributed by atoms with Crippen molar-refractivity contribution < 1.29 is 18.3 Å². The summed E-state index contributed by atoms with van der Waals surface area (Å²) < 4.78 is 29.9. The summed E-state index contributed by atoms with van der Waals surface area (Å²) in [7, 11) is -3.19. The molecule has 0 spiro atoms. The molecule has 2 fully saturated rings. The van der Waals surface area contributed by atoms with E-state index in [4.69, 9.17) is 9.84 Å². The molecule has 1 unspecified atom stereocenters. The first kappa shape index (κ1) is 10.4. The third-order valence-corrected chi connectivity index (χ3v) is 4.52. The van der Waals surface area contributed by atoms with Crippen molar-refractivity contribution in [3.63, 3.8) is 0 Å². The summed E-state index contributed by atoms with van der Waals surface area (Å²) in [5, 5.41) is 9.01. The highest BCUT2D eigenvalue weighted by molar-refractivity contribution is 7.89. The average Bonchev–Trinajstić information content (AvgIpc) is 2.50. The van der Waals surface area contributed by atoms with Crippen LogP contribution in [0.15, 0.2) is 0 Å². The van der Waals surface area contributed by atoms with Gasteiger partial charge in [0.2, 0.25) is 10.0 Å². The summed E-state index contributed by atoms with van der Waals surface area (Å²) in [4.78, 5) is 0. The van der Waals surface area contributed by atoms with E-state index in [9.17, 15) is 8.42 Å². The zero-order valence-electron chi connectivity index (χ0n) is 7.92. The summed E-state index contributed by atoms with van der Waals surface area (Å²) in [5.41, 5.74) is 0. The first-order valence-corrected chi connectivity index (χ1v) is 6.46. The Hall–Kier alpha value is -0.170. The van der Waals surface area contributed by atoms with Gasteiger partial charge in [-0.05, 0) is 12.8 Å². The van der Waals surface area contributed by atoms with Crippen LogP contribution in [-0.4, -0.2) is 55.5 Å². The third kappa shape index (κ3) is 2.08. The lowest BCUT2D eigenvalue weighted by Gasteiger charge is -2.35. The van der Waals surface area contributed by atoms with E-state index < -0.39 is 16.1 Å². The van der Waals surface area contributed by atoms with E-state index in [0.29, 0.717) is 6.61 Å². The van der Waals surface area contributed by atoms with Gasteiger partial charge in [-0.15, -0.1) is 0 Å². The lowest BCUT2D eigenvalue weighted by Crippen LogP contribution is -2.54. The van der Waals surface area contributed by atoms with Crippen molar-refractivity contribution in [2.45, 2.75) is 25.0 Å². The fraction of sp³-hybridized carbons (Fsp3) is 1.00. The Morgan fingerprint density at radius 1 is 1.43 bits per heavy atom. The number of aliphatic hydroxyl groups is 1. The Morgan fingerprint density at radius 3 is 2.64 bits per heavy atom. The number of aliphatic hydroxyl groups excluding tert-OH is 1. The lowest BCUT2D eigenvalue weighted by atomic mass is 10.2. The van der Waals surface area contributed by atoms with Crippen molar-refractivity contribution >= 4 is 10.0 Å². The SMILES string of the molecule is O=S(=O)(CC1CCCO1)N1CC(O)C1. The number of rotatable bonds is 3. The fourth-order valence-corrected chi connectivity index (χ4v) is 3.50. The summed E-state index contributed by atoms with van der Waals surface area (Å²) in [5.74, 6) is 0.0692. The van der Waals surface area contributed by atoms with Gasteiger partial charge in [-0.2, -0.15) is 4.31 Å². The quantitative estimate of drug-likeness (QED) is 0.675. The minimum absolute atomic E-state index is 0.0692. The van der Waals surface area contributed by atoms with Crippen molar-refractivity contribution in [2.24, 2.45) is 0 Å². The normalized spacial score (nSPS) is 30.5. The minimum atomic E-state index is -3.19. The first-order chi connectivity index (χ1) is 6.58. The van der Waals surface area contributed by atoms with Crippen LogP contribution >= 0.6 is 0 Å². The van der Waals surface area contributed by atoms with Gasteiger partial charge in [0.25, 0.3) is 0 Å². The number of ether oxygens (including phenoxy) is 1. The van der Waals surface area contributed by atoms with Crippen LogP contribution in [0, 0.1) is 0 Å². The molecule has 2 rings (SSSR count).